The Labute approximate surface area is 142 Å². The first kappa shape index (κ1) is 15.7. The number of amides is 1. The number of thiophene rings is 1. The van der Waals surface area contributed by atoms with E-state index >= 15 is 0 Å². The number of rotatable bonds is 3. The second-order valence-corrected chi connectivity index (χ2v) is 8.22. The maximum absolute atomic E-state index is 12.0. The van der Waals surface area contributed by atoms with Gasteiger partial charge >= 0.3 is 0 Å². The fraction of sp³-hybridized carbons (Fsp3) is 0.643. The molecule has 2 fully saturated rings. The molecule has 2 saturated heterocycles. The summed E-state index contributed by atoms with van der Waals surface area (Å²) in [5, 5.41) is 3.14. The van der Waals surface area contributed by atoms with Crippen LogP contribution in [0.3, 0.4) is 0 Å². The van der Waals surface area contributed by atoms with Crippen LogP contribution in [0, 0.1) is 0 Å². The van der Waals surface area contributed by atoms with Crippen LogP contribution >= 0.6 is 38.9 Å². The first-order valence-electron chi connectivity index (χ1n) is 7.30. The molecule has 1 N–H and O–H groups in total. The zero-order chi connectivity index (χ0) is 14.8. The largest absolute Gasteiger partial charge is 0.336 e. The lowest BCUT2D eigenvalue weighted by Gasteiger charge is -2.41. The summed E-state index contributed by atoms with van der Waals surface area (Å²) >= 11 is 11.2. The summed E-state index contributed by atoms with van der Waals surface area (Å²) in [6, 6.07) is 2.47. The molecular formula is C14H19BrClN3OS. The van der Waals surface area contributed by atoms with Crippen LogP contribution in [0.4, 0.5) is 0 Å². The van der Waals surface area contributed by atoms with Crippen molar-refractivity contribution in [3.8, 4) is 0 Å². The van der Waals surface area contributed by atoms with Gasteiger partial charge in [0.25, 0.3) is 0 Å². The molecule has 1 aromatic rings. The second kappa shape index (κ2) is 6.96. The molecule has 0 aliphatic carbocycles. The van der Waals surface area contributed by atoms with E-state index in [1.165, 1.54) is 4.88 Å². The quantitative estimate of drug-likeness (QED) is 0.859. The van der Waals surface area contributed by atoms with Crippen molar-refractivity contribution in [2.24, 2.45) is 0 Å². The highest BCUT2D eigenvalue weighted by Gasteiger charge is 2.30. The summed E-state index contributed by atoms with van der Waals surface area (Å²) < 4.78 is 1.80. The number of piperazine rings is 1. The molecule has 3 rings (SSSR count). The lowest BCUT2D eigenvalue weighted by molar-refractivity contribution is -0.135. The number of hydrogen-bond donors (Lipinski definition) is 1. The van der Waals surface area contributed by atoms with Crippen molar-refractivity contribution in [1.29, 1.82) is 0 Å². The molecule has 0 saturated carbocycles. The van der Waals surface area contributed by atoms with Crippen molar-refractivity contribution in [3.63, 3.8) is 0 Å². The number of carbonyl (C=O) groups is 1. The fourth-order valence-corrected chi connectivity index (χ4v) is 4.96. The van der Waals surface area contributed by atoms with E-state index in [-0.39, 0.29) is 5.91 Å². The van der Waals surface area contributed by atoms with Gasteiger partial charge in [0.05, 0.1) is 6.54 Å². The lowest BCUT2D eigenvalue weighted by atomic mass is 10.0. The summed E-state index contributed by atoms with van der Waals surface area (Å²) in [4.78, 5) is 17.8. The highest BCUT2D eigenvalue weighted by molar-refractivity contribution is 9.10. The third-order valence-electron chi connectivity index (χ3n) is 4.12. The van der Waals surface area contributed by atoms with Gasteiger partial charge in [0.15, 0.2) is 0 Å². The van der Waals surface area contributed by atoms with Crippen LogP contribution in [0.2, 0.25) is 4.34 Å². The Morgan fingerprint density at radius 3 is 3.05 bits per heavy atom. The van der Waals surface area contributed by atoms with Crippen LogP contribution in [0.15, 0.2) is 10.5 Å². The van der Waals surface area contributed by atoms with E-state index in [9.17, 15) is 4.79 Å². The van der Waals surface area contributed by atoms with Crippen LogP contribution in [-0.4, -0.2) is 54.5 Å². The van der Waals surface area contributed by atoms with Crippen molar-refractivity contribution in [1.82, 2.24) is 15.1 Å². The molecule has 7 heteroatoms. The second-order valence-electron chi connectivity index (χ2n) is 5.63. The minimum Gasteiger partial charge on any atom is -0.336 e. The molecule has 3 heterocycles. The van der Waals surface area contributed by atoms with Crippen molar-refractivity contribution >= 4 is 44.8 Å². The number of likely N-dealkylation sites (tertiary alicyclic amines) is 1. The molecule has 4 nitrogen and oxygen atoms in total. The van der Waals surface area contributed by atoms with E-state index in [0.29, 0.717) is 12.6 Å². The van der Waals surface area contributed by atoms with Gasteiger partial charge in [-0.3, -0.25) is 9.69 Å². The first-order chi connectivity index (χ1) is 10.1. The Morgan fingerprint density at radius 1 is 1.48 bits per heavy atom. The SMILES string of the molecule is O=C1CNCCN1C1CCCN(Cc2cc(Br)c(Cl)s2)C1. The number of nitrogens with one attached hydrogen (secondary N) is 1. The molecule has 2 aliphatic rings. The number of piperidine rings is 1. The Kier molecular flexibility index (Phi) is 5.22. The molecule has 0 spiro atoms. The summed E-state index contributed by atoms with van der Waals surface area (Å²) in [5.41, 5.74) is 0. The normalized spacial score (nSPS) is 24.6. The summed E-state index contributed by atoms with van der Waals surface area (Å²) in [7, 11) is 0. The van der Waals surface area contributed by atoms with Gasteiger partial charge in [-0.2, -0.15) is 0 Å². The fourth-order valence-electron chi connectivity index (χ4n) is 3.13. The Morgan fingerprint density at radius 2 is 2.33 bits per heavy atom. The van der Waals surface area contributed by atoms with Gasteiger partial charge in [-0.1, -0.05) is 11.6 Å². The topological polar surface area (TPSA) is 35.6 Å². The summed E-state index contributed by atoms with van der Waals surface area (Å²) in [6.45, 7) is 5.24. The van der Waals surface area contributed by atoms with E-state index in [0.717, 1.165) is 54.4 Å². The maximum atomic E-state index is 12.0. The molecule has 21 heavy (non-hydrogen) atoms. The predicted octanol–water partition coefficient (Wildman–Crippen LogP) is 2.56. The standard InChI is InChI=1S/C14H19BrClN3OS/c15-12-6-11(21-14(12)16)9-18-4-1-2-10(8-18)19-5-3-17-7-13(19)20/h6,10,17H,1-5,7-9H2. The average molecular weight is 393 g/mol. The minimum atomic E-state index is 0.245. The van der Waals surface area contributed by atoms with Crippen molar-refractivity contribution in [3.05, 3.63) is 19.8 Å². The molecule has 1 amide bonds. The summed E-state index contributed by atoms with van der Waals surface area (Å²) in [6.07, 6.45) is 2.28. The molecule has 0 radical (unpaired) electrons. The van der Waals surface area contributed by atoms with Gasteiger partial charge in [-0.05, 0) is 41.4 Å². The molecule has 1 unspecified atom stereocenters. The van der Waals surface area contributed by atoms with Gasteiger partial charge < -0.3 is 10.2 Å². The van der Waals surface area contributed by atoms with Crippen LogP contribution in [0.25, 0.3) is 0 Å². The Balaban J connectivity index is 1.61. The maximum Gasteiger partial charge on any atom is 0.236 e. The monoisotopic (exact) mass is 391 g/mol. The van der Waals surface area contributed by atoms with Crippen molar-refractivity contribution in [2.75, 3.05) is 32.7 Å². The molecule has 0 aromatic carbocycles. The van der Waals surface area contributed by atoms with Crippen LogP contribution in [0.5, 0.6) is 0 Å². The zero-order valence-corrected chi connectivity index (χ0v) is 14.9. The average Bonchev–Trinajstić information content (AvgIpc) is 2.78. The minimum absolute atomic E-state index is 0.245. The van der Waals surface area contributed by atoms with Crippen LogP contribution < -0.4 is 5.32 Å². The first-order valence-corrected chi connectivity index (χ1v) is 9.28. The van der Waals surface area contributed by atoms with E-state index < -0.39 is 0 Å². The third-order valence-corrected chi connectivity index (χ3v) is 6.58. The van der Waals surface area contributed by atoms with Crippen LogP contribution in [-0.2, 0) is 11.3 Å². The smallest absolute Gasteiger partial charge is 0.236 e. The van der Waals surface area contributed by atoms with Crippen molar-refractivity contribution < 1.29 is 4.79 Å². The van der Waals surface area contributed by atoms with Gasteiger partial charge in [0, 0.05) is 41.6 Å². The number of hydrogen-bond acceptors (Lipinski definition) is 4. The molecule has 1 atom stereocenters. The van der Waals surface area contributed by atoms with Gasteiger partial charge in [-0.15, -0.1) is 11.3 Å². The zero-order valence-electron chi connectivity index (χ0n) is 11.8. The Bertz CT molecular complexity index is 505. The van der Waals surface area contributed by atoms with E-state index in [4.69, 9.17) is 11.6 Å². The highest BCUT2D eigenvalue weighted by atomic mass is 79.9. The molecule has 2 aliphatic heterocycles. The van der Waals surface area contributed by atoms with Crippen LogP contribution in [0.1, 0.15) is 17.7 Å². The van der Waals surface area contributed by atoms with E-state index in [2.05, 4.69) is 37.1 Å². The van der Waals surface area contributed by atoms with Crippen molar-refractivity contribution in [2.45, 2.75) is 25.4 Å². The van der Waals surface area contributed by atoms with E-state index in [1.807, 2.05) is 0 Å². The van der Waals surface area contributed by atoms with E-state index in [1.54, 1.807) is 11.3 Å². The molecule has 0 bridgehead atoms. The third kappa shape index (κ3) is 3.79. The number of carbonyl (C=O) groups excluding carboxylic acids is 1. The lowest BCUT2D eigenvalue weighted by Crippen LogP contribution is -2.56. The Hall–Kier alpha value is -0.140. The number of halogens is 2. The van der Waals surface area contributed by atoms with Gasteiger partial charge in [0.1, 0.15) is 4.34 Å². The number of nitrogens with zero attached hydrogens (tertiary/aromatic N) is 2. The summed E-state index contributed by atoms with van der Waals surface area (Å²) in [5.74, 6) is 0.245. The molecular weight excluding hydrogens is 374 g/mol. The predicted molar refractivity (Wildman–Crippen MR) is 89.9 cm³/mol. The van der Waals surface area contributed by atoms with Gasteiger partial charge in [-0.25, -0.2) is 0 Å². The molecule has 116 valence electrons. The van der Waals surface area contributed by atoms with Gasteiger partial charge in [0.2, 0.25) is 5.91 Å². The highest BCUT2D eigenvalue weighted by Crippen LogP contribution is 2.33. The molecule has 1 aromatic heterocycles.